The number of aromatic nitrogens is 1. The van der Waals surface area contributed by atoms with Gasteiger partial charge in [-0.25, -0.2) is 4.98 Å². The SMILES string of the molecule is NC(=S)c1ncccc1Oc1ccc(CO)cc1. The lowest BCUT2D eigenvalue weighted by atomic mass is 10.2. The summed E-state index contributed by atoms with van der Waals surface area (Å²) >= 11 is 4.91. The number of hydrogen-bond donors (Lipinski definition) is 2. The number of rotatable bonds is 4. The second-order valence-electron chi connectivity index (χ2n) is 3.62. The molecule has 1 aromatic carbocycles. The van der Waals surface area contributed by atoms with Crippen molar-refractivity contribution in [3.05, 3.63) is 53.9 Å². The number of hydrogen-bond acceptors (Lipinski definition) is 4. The summed E-state index contributed by atoms with van der Waals surface area (Å²) in [5, 5.41) is 8.95. The van der Waals surface area contributed by atoms with Crippen LogP contribution >= 0.6 is 12.2 Å². The molecule has 0 radical (unpaired) electrons. The third-order valence-electron chi connectivity index (χ3n) is 2.34. The highest BCUT2D eigenvalue weighted by molar-refractivity contribution is 7.80. The lowest BCUT2D eigenvalue weighted by molar-refractivity contribution is 0.281. The predicted molar refractivity (Wildman–Crippen MR) is 72.6 cm³/mol. The Morgan fingerprint density at radius 3 is 2.61 bits per heavy atom. The number of nitrogens with two attached hydrogens (primary N) is 1. The molecule has 5 heteroatoms. The van der Waals surface area contributed by atoms with Gasteiger partial charge in [0.05, 0.1) is 6.61 Å². The Hall–Kier alpha value is -1.98. The van der Waals surface area contributed by atoms with Gasteiger partial charge in [-0.05, 0) is 29.8 Å². The molecule has 1 aromatic heterocycles. The van der Waals surface area contributed by atoms with E-state index in [-0.39, 0.29) is 11.6 Å². The maximum Gasteiger partial charge on any atom is 0.156 e. The molecule has 0 spiro atoms. The summed E-state index contributed by atoms with van der Waals surface area (Å²) in [5.74, 6) is 1.15. The summed E-state index contributed by atoms with van der Waals surface area (Å²) in [5.41, 5.74) is 6.85. The molecule has 0 unspecified atom stereocenters. The Bertz CT molecular complexity index is 555. The minimum absolute atomic E-state index is 0.00527. The molecule has 0 fully saturated rings. The van der Waals surface area contributed by atoms with Crippen LogP contribution in [0.5, 0.6) is 11.5 Å². The van der Waals surface area contributed by atoms with Crippen LogP contribution in [0.4, 0.5) is 0 Å². The molecule has 92 valence electrons. The first-order valence-corrected chi connectivity index (χ1v) is 5.74. The van der Waals surface area contributed by atoms with E-state index in [1.165, 1.54) is 0 Å². The minimum Gasteiger partial charge on any atom is -0.455 e. The molecule has 18 heavy (non-hydrogen) atoms. The van der Waals surface area contributed by atoms with Crippen molar-refractivity contribution in [3.8, 4) is 11.5 Å². The Morgan fingerprint density at radius 2 is 2.00 bits per heavy atom. The summed E-state index contributed by atoms with van der Waals surface area (Å²) in [4.78, 5) is 4.27. The smallest absolute Gasteiger partial charge is 0.156 e. The van der Waals surface area contributed by atoms with Crippen molar-refractivity contribution in [2.45, 2.75) is 6.61 Å². The highest BCUT2D eigenvalue weighted by Gasteiger charge is 2.08. The first-order chi connectivity index (χ1) is 8.70. The van der Waals surface area contributed by atoms with Crippen molar-refractivity contribution >= 4 is 17.2 Å². The van der Waals surface area contributed by atoms with Gasteiger partial charge in [-0.15, -0.1) is 0 Å². The molecular weight excluding hydrogens is 248 g/mol. The zero-order valence-electron chi connectivity index (χ0n) is 9.54. The van der Waals surface area contributed by atoms with Crippen LogP contribution < -0.4 is 10.5 Å². The van der Waals surface area contributed by atoms with Crippen LogP contribution in [-0.2, 0) is 6.61 Å². The third kappa shape index (κ3) is 2.82. The van der Waals surface area contributed by atoms with E-state index in [2.05, 4.69) is 4.98 Å². The van der Waals surface area contributed by atoms with Gasteiger partial charge >= 0.3 is 0 Å². The summed E-state index contributed by atoms with van der Waals surface area (Å²) in [7, 11) is 0. The normalized spacial score (nSPS) is 10.1. The third-order valence-corrected chi connectivity index (χ3v) is 2.53. The Labute approximate surface area is 110 Å². The topological polar surface area (TPSA) is 68.4 Å². The fraction of sp³-hybridized carbons (Fsp3) is 0.0769. The molecule has 2 rings (SSSR count). The van der Waals surface area contributed by atoms with Gasteiger partial charge in [0.15, 0.2) is 5.75 Å². The lowest BCUT2D eigenvalue weighted by Gasteiger charge is -2.09. The van der Waals surface area contributed by atoms with Crippen LogP contribution in [0, 0.1) is 0 Å². The number of aliphatic hydroxyl groups is 1. The summed E-state index contributed by atoms with van der Waals surface area (Å²) in [6.07, 6.45) is 1.61. The number of benzene rings is 1. The number of pyridine rings is 1. The molecule has 3 N–H and O–H groups in total. The van der Waals surface area contributed by atoms with Crippen molar-refractivity contribution < 1.29 is 9.84 Å². The van der Waals surface area contributed by atoms with E-state index in [9.17, 15) is 0 Å². The van der Waals surface area contributed by atoms with Crippen molar-refractivity contribution in [1.29, 1.82) is 0 Å². The zero-order valence-corrected chi connectivity index (χ0v) is 10.4. The average Bonchev–Trinajstić information content (AvgIpc) is 2.40. The first-order valence-electron chi connectivity index (χ1n) is 5.33. The van der Waals surface area contributed by atoms with Crippen LogP contribution in [0.2, 0.25) is 0 Å². The van der Waals surface area contributed by atoms with Crippen LogP contribution in [0.15, 0.2) is 42.6 Å². The molecule has 0 bridgehead atoms. The van der Waals surface area contributed by atoms with Crippen LogP contribution in [0.1, 0.15) is 11.3 Å². The standard InChI is InChI=1S/C13H12N2O2S/c14-13(18)12-11(2-1-7-15-12)17-10-5-3-9(8-16)4-6-10/h1-7,16H,8H2,(H2,14,18). The zero-order chi connectivity index (χ0) is 13.0. The predicted octanol–water partition coefficient (Wildman–Crippen LogP) is 2.00. The van der Waals surface area contributed by atoms with Crippen molar-refractivity contribution in [2.24, 2.45) is 5.73 Å². The quantitative estimate of drug-likeness (QED) is 0.823. The molecule has 0 aliphatic carbocycles. The van der Waals surface area contributed by atoms with Crippen molar-refractivity contribution in [3.63, 3.8) is 0 Å². The van der Waals surface area contributed by atoms with Gasteiger partial charge in [-0.1, -0.05) is 24.4 Å². The fourth-order valence-corrected chi connectivity index (χ4v) is 1.60. The number of aliphatic hydroxyl groups excluding tert-OH is 1. The van der Waals surface area contributed by atoms with Gasteiger partial charge in [0.2, 0.25) is 0 Å². The van der Waals surface area contributed by atoms with Crippen molar-refractivity contribution in [1.82, 2.24) is 4.98 Å². The molecule has 0 saturated carbocycles. The first kappa shape index (κ1) is 12.5. The van der Waals surface area contributed by atoms with Crippen molar-refractivity contribution in [2.75, 3.05) is 0 Å². The van der Waals surface area contributed by atoms with Gasteiger partial charge in [0, 0.05) is 6.20 Å². The molecule has 1 heterocycles. The van der Waals surface area contributed by atoms with Crippen LogP contribution in [0.25, 0.3) is 0 Å². The summed E-state index contributed by atoms with van der Waals surface area (Å²) in [6.45, 7) is 0.00527. The summed E-state index contributed by atoms with van der Waals surface area (Å²) < 4.78 is 5.66. The van der Waals surface area contributed by atoms with Gasteiger partial charge in [0.25, 0.3) is 0 Å². The van der Waals surface area contributed by atoms with E-state index in [0.29, 0.717) is 17.2 Å². The van der Waals surface area contributed by atoms with E-state index in [1.54, 1.807) is 42.6 Å². The number of ether oxygens (including phenoxy) is 1. The Balaban J connectivity index is 2.25. The maximum atomic E-state index is 8.95. The molecule has 0 amide bonds. The highest BCUT2D eigenvalue weighted by atomic mass is 32.1. The summed E-state index contributed by atoms with van der Waals surface area (Å²) in [6, 6.07) is 10.6. The number of nitrogens with zero attached hydrogens (tertiary/aromatic N) is 1. The maximum absolute atomic E-state index is 8.95. The Morgan fingerprint density at radius 1 is 1.28 bits per heavy atom. The average molecular weight is 260 g/mol. The van der Waals surface area contributed by atoms with Crippen LogP contribution in [-0.4, -0.2) is 15.1 Å². The van der Waals surface area contributed by atoms with E-state index >= 15 is 0 Å². The molecular formula is C13H12N2O2S. The second-order valence-corrected chi connectivity index (χ2v) is 4.06. The molecule has 0 saturated heterocycles. The van der Waals surface area contributed by atoms with E-state index < -0.39 is 0 Å². The lowest BCUT2D eigenvalue weighted by Crippen LogP contribution is -2.12. The van der Waals surface area contributed by atoms with Gasteiger partial charge < -0.3 is 15.6 Å². The van der Waals surface area contributed by atoms with E-state index in [4.69, 9.17) is 27.8 Å². The number of thiocarbonyl (C=S) groups is 1. The largest absolute Gasteiger partial charge is 0.455 e. The fourth-order valence-electron chi connectivity index (χ4n) is 1.45. The molecule has 2 aromatic rings. The van der Waals surface area contributed by atoms with Gasteiger partial charge in [0.1, 0.15) is 16.4 Å². The van der Waals surface area contributed by atoms with Crippen LogP contribution in [0.3, 0.4) is 0 Å². The minimum atomic E-state index is 0.00527. The Kier molecular flexibility index (Phi) is 3.86. The monoisotopic (exact) mass is 260 g/mol. The molecule has 0 aliphatic rings. The van der Waals surface area contributed by atoms with E-state index in [1.807, 2.05) is 0 Å². The molecule has 4 nitrogen and oxygen atoms in total. The van der Waals surface area contributed by atoms with Gasteiger partial charge in [-0.2, -0.15) is 0 Å². The van der Waals surface area contributed by atoms with E-state index in [0.717, 1.165) is 5.56 Å². The van der Waals surface area contributed by atoms with Gasteiger partial charge in [-0.3, -0.25) is 0 Å². The highest BCUT2D eigenvalue weighted by Crippen LogP contribution is 2.24. The second kappa shape index (κ2) is 5.57. The molecule has 0 aliphatic heterocycles. The molecule has 0 atom stereocenters.